The van der Waals surface area contributed by atoms with Crippen molar-refractivity contribution < 1.29 is 9.53 Å². The summed E-state index contributed by atoms with van der Waals surface area (Å²) in [5.74, 6) is 0.0332. The highest BCUT2D eigenvalue weighted by Crippen LogP contribution is 2.17. The molecule has 0 aromatic carbocycles. The summed E-state index contributed by atoms with van der Waals surface area (Å²) >= 11 is 7.66. The SMILES string of the molecule is Cc1nn(CC(=O)N(Cc2ccsc2)CC2CCCO2)cc1Cl. The summed E-state index contributed by atoms with van der Waals surface area (Å²) in [4.78, 5) is 14.6. The predicted octanol–water partition coefficient (Wildman–Crippen LogP) is 3.11. The van der Waals surface area contributed by atoms with Crippen LogP contribution in [-0.4, -0.2) is 39.8 Å². The number of carbonyl (C=O) groups excluding carboxylic acids is 1. The van der Waals surface area contributed by atoms with Crippen molar-refractivity contribution in [2.24, 2.45) is 0 Å². The van der Waals surface area contributed by atoms with Gasteiger partial charge in [-0.05, 0) is 42.2 Å². The number of rotatable bonds is 6. The third kappa shape index (κ3) is 4.34. The molecule has 23 heavy (non-hydrogen) atoms. The van der Waals surface area contributed by atoms with Crippen LogP contribution in [0.2, 0.25) is 5.02 Å². The Morgan fingerprint density at radius 1 is 1.61 bits per heavy atom. The van der Waals surface area contributed by atoms with Crippen LogP contribution in [0, 0.1) is 6.92 Å². The highest BCUT2D eigenvalue weighted by Gasteiger charge is 2.23. The average molecular weight is 354 g/mol. The van der Waals surface area contributed by atoms with Crippen molar-refractivity contribution in [2.45, 2.75) is 39.0 Å². The van der Waals surface area contributed by atoms with E-state index in [9.17, 15) is 4.79 Å². The van der Waals surface area contributed by atoms with E-state index in [1.165, 1.54) is 0 Å². The summed E-state index contributed by atoms with van der Waals surface area (Å²) in [5, 5.41) is 8.96. The van der Waals surface area contributed by atoms with Crippen LogP contribution in [0.3, 0.4) is 0 Å². The molecule has 1 amide bonds. The second-order valence-corrected chi connectivity index (χ2v) is 6.99. The van der Waals surface area contributed by atoms with Gasteiger partial charge in [-0.25, -0.2) is 0 Å². The van der Waals surface area contributed by atoms with Crippen LogP contribution >= 0.6 is 22.9 Å². The molecule has 1 atom stereocenters. The molecule has 1 saturated heterocycles. The van der Waals surface area contributed by atoms with E-state index in [0.29, 0.717) is 18.1 Å². The van der Waals surface area contributed by atoms with Gasteiger partial charge >= 0.3 is 0 Å². The molecule has 0 N–H and O–H groups in total. The lowest BCUT2D eigenvalue weighted by Gasteiger charge is -2.25. The number of aryl methyl sites for hydroxylation is 1. The molecule has 7 heteroatoms. The van der Waals surface area contributed by atoms with Crippen LogP contribution in [0.4, 0.5) is 0 Å². The number of amides is 1. The van der Waals surface area contributed by atoms with Gasteiger partial charge < -0.3 is 9.64 Å². The van der Waals surface area contributed by atoms with Crippen molar-refractivity contribution in [3.8, 4) is 0 Å². The number of halogens is 1. The minimum atomic E-state index is 0.0332. The average Bonchev–Trinajstić information content (AvgIpc) is 3.23. The molecular weight excluding hydrogens is 334 g/mol. The normalized spacial score (nSPS) is 17.6. The van der Waals surface area contributed by atoms with Gasteiger partial charge in [0, 0.05) is 25.9 Å². The first-order valence-electron chi connectivity index (χ1n) is 7.72. The Morgan fingerprint density at radius 2 is 2.48 bits per heavy atom. The van der Waals surface area contributed by atoms with Gasteiger partial charge in [-0.2, -0.15) is 16.4 Å². The Kier molecular flexibility index (Phi) is 5.35. The van der Waals surface area contributed by atoms with Crippen molar-refractivity contribution in [3.05, 3.63) is 39.3 Å². The van der Waals surface area contributed by atoms with E-state index in [1.807, 2.05) is 17.2 Å². The fraction of sp³-hybridized carbons (Fsp3) is 0.500. The smallest absolute Gasteiger partial charge is 0.244 e. The second-order valence-electron chi connectivity index (χ2n) is 5.80. The monoisotopic (exact) mass is 353 g/mol. The molecule has 1 aliphatic rings. The predicted molar refractivity (Wildman–Crippen MR) is 90.7 cm³/mol. The van der Waals surface area contributed by atoms with Crippen molar-refractivity contribution >= 4 is 28.8 Å². The zero-order valence-electron chi connectivity index (χ0n) is 13.1. The van der Waals surface area contributed by atoms with E-state index >= 15 is 0 Å². The Bertz CT molecular complexity index is 631. The van der Waals surface area contributed by atoms with Crippen LogP contribution in [0.15, 0.2) is 23.0 Å². The zero-order valence-corrected chi connectivity index (χ0v) is 14.6. The third-order valence-corrected chi connectivity index (χ3v) is 5.04. The Labute approximate surface area is 144 Å². The first-order chi connectivity index (χ1) is 11.1. The molecule has 2 aromatic heterocycles. The molecule has 1 fully saturated rings. The molecule has 0 bridgehead atoms. The lowest BCUT2D eigenvalue weighted by atomic mass is 10.2. The minimum Gasteiger partial charge on any atom is -0.376 e. The van der Waals surface area contributed by atoms with E-state index in [4.69, 9.17) is 16.3 Å². The van der Waals surface area contributed by atoms with Gasteiger partial charge in [-0.15, -0.1) is 0 Å². The van der Waals surface area contributed by atoms with Crippen LogP contribution in [-0.2, 0) is 22.6 Å². The maximum atomic E-state index is 12.7. The third-order valence-electron chi connectivity index (χ3n) is 3.94. The molecule has 5 nitrogen and oxygen atoms in total. The van der Waals surface area contributed by atoms with Gasteiger partial charge in [0.1, 0.15) is 6.54 Å². The van der Waals surface area contributed by atoms with E-state index in [1.54, 1.807) is 22.2 Å². The number of aromatic nitrogens is 2. The van der Waals surface area contributed by atoms with Gasteiger partial charge in [-0.3, -0.25) is 9.48 Å². The van der Waals surface area contributed by atoms with Crippen molar-refractivity contribution in [1.29, 1.82) is 0 Å². The van der Waals surface area contributed by atoms with Crippen LogP contribution in [0.1, 0.15) is 24.1 Å². The molecular formula is C16H20ClN3O2S. The lowest BCUT2D eigenvalue weighted by Crippen LogP contribution is -2.38. The van der Waals surface area contributed by atoms with Gasteiger partial charge in [0.15, 0.2) is 0 Å². The van der Waals surface area contributed by atoms with Crippen molar-refractivity contribution in [2.75, 3.05) is 13.2 Å². The number of carbonyl (C=O) groups is 1. The van der Waals surface area contributed by atoms with Gasteiger partial charge in [0.2, 0.25) is 5.91 Å². The zero-order chi connectivity index (χ0) is 16.2. The molecule has 1 aliphatic heterocycles. The van der Waals surface area contributed by atoms with Crippen LogP contribution in [0.25, 0.3) is 0 Å². The summed E-state index contributed by atoms with van der Waals surface area (Å²) in [6.45, 7) is 4.06. The minimum absolute atomic E-state index is 0.0332. The van der Waals surface area contributed by atoms with Crippen LogP contribution in [0.5, 0.6) is 0 Å². The Balaban J connectivity index is 1.68. The van der Waals surface area contributed by atoms with E-state index < -0.39 is 0 Å². The Morgan fingerprint density at radius 3 is 3.09 bits per heavy atom. The summed E-state index contributed by atoms with van der Waals surface area (Å²) in [6, 6.07) is 2.05. The van der Waals surface area contributed by atoms with Crippen molar-refractivity contribution in [3.63, 3.8) is 0 Å². The molecule has 3 heterocycles. The molecule has 2 aromatic rings. The first kappa shape index (κ1) is 16.5. The molecule has 3 rings (SSSR count). The van der Waals surface area contributed by atoms with E-state index in [0.717, 1.165) is 30.7 Å². The standard InChI is InChI=1S/C16H20ClN3O2S/c1-12-15(17)9-20(18-12)10-16(21)19(7-13-4-6-23-11-13)8-14-3-2-5-22-14/h4,6,9,11,14H,2-3,5,7-8,10H2,1H3. The second kappa shape index (κ2) is 7.47. The van der Waals surface area contributed by atoms with Crippen molar-refractivity contribution in [1.82, 2.24) is 14.7 Å². The summed E-state index contributed by atoms with van der Waals surface area (Å²) in [5.41, 5.74) is 1.89. The topological polar surface area (TPSA) is 47.4 Å². The largest absolute Gasteiger partial charge is 0.376 e. The van der Waals surface area contributed by atoms with E-state index in [2.05, 4.69) is 16.5 Å². The molecule has 0 saturated carbocycles. The quantitative estimate of drug-likeness (QED) is 0.801. The first-order valence-corrected chi connectivity index (χ1v) is 9.04. The number of thiophene rings is 1. The number of nitrogens with zero attached hydrogens (tertiary/aromatic N) is 3. The molecule has 0 radical (unpaired) electrons. The van der Waals surface area contributed by atoms with Gasteiger partial charge in [-0.1, -0.05) is 11.6 Å². The summed E-state index contributed by atoms with van der Waals surface area (Å²) < 4.78 is 7.30. The summed E-state index contributed by atoms with van der Waals surface area (Å²) in [7, 11) is 0. The Hall–Kier alpha value is -1.37. The van der Waals surface area contributed by atoms with Gasteiger partial charge in [0.05, 0.1) is 16.8 Å². The molecule has 0 spiro atoms. The van der Waals surface area contributed by atoms with Gasteiger partial charge in [0.25, 0.3) is 0 Å². The fourth-order valence-corrected chi connectivity index (χ4v) is 3.52. The lowest BCUT2D eigenvalue weighted by molar-refractivity contribution is -0.134. The maximum absolute atomic E-state index is 12.7. The number of hydrogen-bond acceptors (Lipinski definition) is 4. The highest BCUT2D eigenvalue weighted by atomic mass is 35.5. The molecule has 124 valence electrons. The highest BCUT2D eigenvalue weighted by molar-refractivity contribution is 7.07. The molecule has 0 aliphatic carbocycles. The summed E-state index contributed by atoms with van der Waals surface area (Å²) in [6.07, 6.45) is 3.92. The van der Waals surface area contributed by atoms with E-state index in [-0.39, 0.29) is 18.6 Å². The number of ether oxygens (including phenoxy) is 1. The maximum Gasteiger partial charge on any atom is 0.244 e. The number of hydrogen-bond donors (Lipinski definition) is 0. The fourth-order valence-electron chi connectivity index (χ4n) is 2.70. The molecule has 1 unspecified atom stereocenters. The van der Waals surface area contributed by atoms with Crippen LogP contribution < -0.4 is 0 Å².